The molecule has 0 spiro atoms. The average Bonchev–Trinajstić information content (AvgIpc) is 2.49. The molecule has 0 saturated carbocycles. The van der Waals surface area contributed by atoms with E-state index in [1.165, 1.54) is 38.8 Å². The van der Waals surface area contributed by atoms with Gasteiger partial charge < -0.3 is 0 Å². The maximum atomic E-state index is 4.27. The molecule has 0 fully saturated rings. The normalized spacial score (nSPS) is 10.4. The van der Waals surface area contributed by atoms with Gasteiger partial charge in [0.15, 0.2) is 0 Å². The zero-order valence-corrected chi connectivity index (χ0v) is 12.7. The molecule has 0 bridgehead atoms. The molecule has 0 radical (unpaired) electrons. The van der Waals surface area contributed by atoms with E-state index >= 15 is 0 Å². The Morgan fingerprint density at radius 1 is 0.905 bits per heavy atom. The number of hydrogen-bond acceptors (Lipinski definition) is 1. The SMILES string of the molecule is Cc1cc(C)c(-c2cccnc2)c(C)c1-c1bcccc1. The van der Waals surface area contributed by atoms with Gasteiger partial charge in [-0.15, -0.1) is 0 Å². The molecular weight excluding hydrogens is 253 g/mol. The Balaban J connectivity index is 2.29. The Hall–Kier alpha value is -2.22. The first-order valence-electron chi connectivity index (χ1n) is 7.25. The topological polar surface area (TPSA) is 12.9 Å². The molecule has 102 valence electrons. The fraction of sp³-hybridized carbons (Fsp3) is 0.158. The summed E-state index contributed by atoms with van der Waals surface area (Å²) in [4.78, 5) is 4.27. The van der Waals surface area contributed by atoms with Gasteiger partial charge in [0.2, 0.25) is 0 Å². The summed E-state index contributed by atoms with van der Waals surface area (Å²) in [5.41, 5.74) is 9.04. The van der Waals surface area contributed by atoms with Crippen molar-refractivity contribution in [1.82, 2.24) is 4.98 Å². The van der Waals surface area contributed by atoms with Gasteiger partial charge in [0, 0.05) is 0 Å². The van der Waals surface area contributed by atoms with Crippen molar-refractivity contribution in [2.75, 3.05) is 0 Å². The van der Waals surface area contributed by atoms with Gasteiger partial charge in [-0.2, -0.15) is 0 Å². The summed E-state index contributed by atoms with van der Waals surface area (Å²) < 4.78 is 0. The van der Waals surface area contributed by atoms with Crippen molar-refractivity contribution in [3.8, 4) is 22.1 Å². The van der Waals surface area contributed by atoms with Crippen LogP contribution in [0.25, 0.3) is 22.1 Å². The van der Waals surface area contributed by atoms with E-state index < -0.39 is 0 Å². The summed E-state index contributed by atoms with van der Waals surface area (Å²) in [5.74, 6) is 2.10. The van der Waals surface area contributed by atoms with Crippen molar-refractivity contribution >= 4 is 6.91 Å². The first-order chi connectivity index (χ1) is 10.2. The molecule has 1 aromatic carbocycles. The van der Waals surface area contributed by atoms with Crippen molar-refractivity contribution in [2.45, 2.75) is 20.8 Å². The molecule has 3 aromatic rings. The van der Waals surface area contributed by atoms with E-state index in [0.717, 1.165) is 0 Å². The number of benzene rings is 1. The predicted octanol–water partition coefficient (Wildman–Crippen LogP) is 4.68. The third kappa shape index (κ3) is 2.54. The number of pyridine rings is 1. The molecule has 0 saturated heterocycles. The van der Waals surface area contributed by atoms with Crippen LogP contribution in [0.5, 0.6) is 0 Å². The third-order valence-corrected chi connectivity index (χ3v) is 3.98. The van der Waals surface area contributed by atoms with Gasteiger partial charge in [0.1, 0.15) is 0 Å². The summed E-state index contributed by atoms with van der Waals surface area (Å²) in [6.07, 6.45) is 3.76. The zero-order chi connectivity index (χ0) is 14.8. The van der Waals surface area contributed by atoms with Crippen LogP contribution >= 0.6 is 0 Å². The monoisotopic (exact) mass is 271 g/mol. The van der Waals surface area contributed by atoms with Crippen LogP contribution in [0.2, 0.25) is 0 Å². The number of nitrogens with zero attached hydrogens (tertiary/aromatic N) is 1. The van der Waals surface area contributed by atoms with Gasteiger partial charge in [-0.25, -0.2) is 0 Å². The van der Waals surface area contributed by atoms with Crippen molar-refractivity contribution in [3.05, 3.63) is 71.4 Å². The molecule has 0 aliphatic heterocycles. The number of hydrogen-bond donors (Lipinski definition) is 0. The van der Waals surface area contributed by atoms with Crippen LogP contribution in [0.4, 0.5) is 0 Å². The molecular formula is C19H18BN. The molecule has 0 aliphatic rings. The van der Waals surface area contributed by atoms with Crippen LogP contribution in [0.15, 0.2) is 54.8 Å². The van der Waals surface area contributed by atoms with Crippen LogP contribution < -0.4 is 0 Å². The molecule has 0 N–H and O–H groups in total. The van der Waals surface area contributed by atoms with E-state index in [9.17, 15) is 0 Å². The molecule has 0 amide bonds. The van der Waals surface area contributed by atoms with Crippen LogP contribution in [0.3, 0.4) is 0 Å². The summed E-state index contributed by atoms with van der Waals surface area (Å²) in [6.45, 7) is 8.76. The van der Waals surface area contributed by atoms with Gasteiger partial charge in [-0.05, 0) is 0 Å². The Bertz CT molecular complexity index is 701. The Morgan fingerprint density at radius 2 is 1.71 bits per heavy atom. The van der Waals surface area contributed by atoms with Gasteiger partial charge in [0.05, 0.1) is 0 Å². The first kappa shape index (κ1) is 13.8. The van der Waals surface area contributed by atoms with Crippen molar-refractivity contribution in [2.24, 2.45) is 0 Å². The van der Waals surface area contributed by atoms with Crippen molar-refractivity contribution in [3.63, 3.8) is 0 Å². The Kier molecular flexibility index (Phi) is 3.70. The van der Waals surface area contributed by atoms with E-state index in [2.05, 4.69) is 69.0 Å². The average molecular weight is 271 g/mol. The van der Waals surface area contributed by atoms with E-state index in [-0.39, 0.29) is 0 Å². The quantitative estimate of drug-likeness (QED) is 0.659. The molecule has 1 nitrogen and oxygen atoms in total. The number of aromatic nitrogens is 1. The molecule has 21 heavy (non-hydrogen) atoms. The standard InChI is InChI=1S/C19H18BN/c1-13-11-14(2)19(17-8-4-5-9-20-17)15(3)18(13)16-7-6-10-21-12-16/h4-12H,1-3H3. The fourth-order valence-electron chi connectivity index (χ4n) is 3.19. The predicted molar refractivity (Wildman–Crippen MR) is 90.7 cm³/mol. The summed E-state index contributed by atoms with van der Waals surface area (Å²) in [5, 5.41) is 0. The molecule has 0 atom stereocenters. The second-order valence-electron chi connectivity index (χ2n) is 5.49. The minimum atomic E-state index is 1.18. The van der Waals surface area contributed by atoms with Crippen LogP contribution in [-0.4, -0.2) is 11.9 Å². The minimum absolute atomic E-state index is 1.18. The summed E-state index contributed by atoms with van der Waals surface area (Å²) in [6, 6.07) is 12.7. The molecule has 2 heteroatoms. The summed E-state index contributed by atoms with van der Waals surface area (Å²) in [7, 11) is 0. The van der Waals surface area contributed by atoms with E-state index in [4.69, 9.17) is 0 Å². The maximum absolute atomic E-state index is 4.27. The molecule has 2 heterocycles. The van der Waals surface area contributed by atoms with Crippen LogP contribution in [0, 0.1) is 20.8 Å². The Labute approximate surface area is 126 Å². The molecule has 0 aliphatic carbocycles. The van der Waals surface area contributed by atoms with Gasteiger partial charge >= 0.3 is 126 Å². The van der Waals surface area contributed by atoms with Crippen molar-refractivity contribution in [1.29, 1.82) is 0 Å². The van der Waals surface area contributed by atoms with Crippen LogP contribution in [-0.2, 0) is 0 Å². The van der Waals surface area contributed by atoms with E-state index in [0.29, 0.717) is 0 Å². The fourth-order valence-corrected chi connectivity index (χ4v) is 3.19. The van der Waals surface area contributed by atoms with Gasteiger partial charge in [-0.1, -0.05) is 0 Å². The van der Waals surface area contributed by atoms with Gasteiger partial charge in [-0.3, -0.25) is 0 Å². The van der Waals surface area contributed by atoms with Gasteiger partial charge in [0.25, 0.3) is 0 Å². The Morgan fingerprint density at radius 3 is 2.38 bits per heavy atom. The number of aryl methyl sites for hydroxylation is 2. The first-order valence-corrected chi connectivity index (χ1v) is 7.25. The molecule has 3 rings (SSSR count). The second kappa shape index (κ2) is 5.65. The number of rotatable bonds is 2. The second-order valence-corrected chi connectivity index (χ2v) is 5.49. The summed E-state index contributed by atoms with van der Waals surface area (Å²) >= 11 is 0. The van der Waals surface area contributed by atoms with Crippen molar-refractivity contribution < 1.29 is 0 Å². The molecule has 0 unspecified atom stereocenters. The zero-order valence-electron chi connectivity index (χ0n) is 12.7. The van der Waals surface area contributed by atoms with E-state index in [1.807, 2.05) is 18.5 Å². The van der Waals surface area contributed by atoms with E-state index in [1.54, 1.807) is 0 Å². The third-order valence-electron chi connectivity index (χ3n) is 3.98. The molecule has 2 aromatic heterocycles. The van der Waals surface area contributed by atoms with Crippen LogP contribution in [0.1, 0.15) is 16.7 Å².